The summed E-state index contributed by atoms with van der Waals surface area (Å²) in [7, 11) is -0.841. The average molecular weight is 228 g/mol. The maximum absolute atomic E-state index is 9.86. The average Bonchev–Trinajstić information content (AvgIpc) is 2.29. The van der Waals surface area contributed by atoms with Crippen molar-refractivity contribution in [3.63, 3.8) is 0 Å². The van der Waals surface area contributed by atoms with E-state index in [1.807, 2.05) is 5.70 Å². The number of carboxylic acid groups (broad SMARTS) is 1. The van der Waals surface area contributed by atoms with Crippen LogP contribution in [0.15, 0.2) is 23.9 Å². The summed E-state index contributed by atoms with van der Waals surface area (Å²) in [6.07, 6.45) is 4.18. The van der Waals surface area contributed by atoms with Crippen molar-refractivity contribution in [3.05, 3.63) is 23.9 Å². The van der Waals surface area contributed by atoms with Crippen molar-refractivity contribution in [2.24, 2.45) is 0 Å². The van der Waals surface area contributed by atoms with Crippen LogP contribution >= 0.6 is 0 Å². The first-order chi connectivity index (χ1) is 7.11. The number of carbonyl (C=O) groups is 1. The molecule has 0 bridgehead atoms. The van der Waals surface area contributed by atoms with Crippen LogP contribution in [0, 0.1) is 0 Å². The summed E-state index contributed by atoms with van der Waals surface area (Å²) >= 11 is 0. The van der Waals surface area contributed by atoms with E-state index in [9.17, 15) is 4.79 Å². The topological polar surface area (TPSA) is 46.5 Å². The number of carboxylic acids is 1. The molecule has 4 heteroatoms. The van der Waals surface area contributed by atoms with Gasteiger partial charge in [0.25, 0.3) is 0 Å². The fourth-order valence-electron chi connectivity index (χ4n) is 1.07. The predicted molar refractivity (Wildman–Crippen MR) is 64.4 cm³/mol. The SMILES string of the molecule is C=C[SiH]1CCCCO1.CC=C(C)C(=O)O. The van der Waals surface area contributed by atoms with E-state index < -0.39 is 15.0 Å². The van der Waals surface area contributed by atoms with Crippen LogP contribution in [0.4, 0.5) is 0 Å². The van der Waals surface area contributed by atoms with Gasteiger partial charge in [-0.2, -0.15) is 0 Å². The van der Waals surface area contributed by atoms with Gasteiger partial charge in [-0.25, -0.2) is 4.79 Å². The highest BCUT2D eigenvalue weighted by molar-refractivity contribution is 6.57. The highest BCUT2D eigenvalue weighted by atomic mass is 28.3. The lowest BCUT2D eigenvalue weighted by Gasteiger charge is -2.16. The fourth-order valence-corrected chi connectivity index (χ4v) is 2.77. The third kappa shape index (κ3) is 7.10. The molecule has 0 aromatic carbocycles. The number of rotatable bonds is 2. The van der Waals surface area contributed by atoms with Crippen LogP contribution in [0.1, 0.15) is 26.7 Å². The van der Waals surface area contributed by atoms with Gasteiger partial charge < -0.3 is 9.53 Å². The van der Waals surface area contributed by atoms with E-state index in [1.165, 1.54) is 18.9 Å². The third-order valence-corrected chi connectivity index (χ3v) is 4.42. The molecule has 15 heavy (non-hydrogen) atoms. The van der Waals surface area contributed by atoms with Crippen LogP contribution < -0.4 is 0 Å². The van der Waals surface area contributed by atoms with Gasteiger partial charge in [0.05, 0.1) is 0 Å². The summed E-state index contributed by atoms with van der Waals surface area (Å²) in [5.41, 5.74) is 2.42. The Bertz CT molecular complexity index is 230. The molecule has 0 spiro atoms. The number of hydrogen-bond acceptors (Lipinski definition) is 2. The van der Waals surface area contributed by atoms with E-state index in [0.717, 1.165) is 6.61 Å². The molecule has 0 amide bonds. The highest BCUT2D eigenvalue weighted by Crippen LogP contribution is 2.10. The van der Waals surface area contributed by atoms with Crippen molar-refractivity contribution < 1.29 is 14.3 Å². The lowest BCUT2D eigenvalue weighted by Crippen LogP contribution is -2.20. The molecule has 1 saturated heterocycles. The molecule has 1 N–H and O–H groups in total. The van der Waals surface area contributed by atoms with Gasteiger partial charge in [0.2, 0.25) is 9.04 Å². The van der Waals surface area contributed by atoms with Gasteiger partial charge >= 0.3 is 5.97 Å². The molecular formula is C11H20O3Si. The van der Waals surface area contributed by atoms with E-state index in [4.69, 9.17) is 9.53 Å². The monoisotopic (exact) mass is 228 g/mol. The largest absolute Gasteiger partial charge is 0.478 e. The summed E-state index contributed by atoms with van der Waals surface area (Å²) in [4.78, 5) is 9.86. The molecule has 0 aromatic rings. The Labute approximate surface area is 93.2 Å². The third-order valence-electron chi connectivity index (χ3n) is 2.25. The molecular weight excluding hydrogens is 208 g/mol. The first-order valence-electron chi connectivity index (χ1n) is 5.22. The Morgan fingerprint density at radius 2 is 2.20 bits per heavy atom. The molecule has 1 unspecified atom stereocenters. The zero-order chi connectivity index (χ0) is 11.7. The Balaban J connectivity index is 0.000000265. The zero-order valence-corrected chi connectivity index (χ0v) is 10.7. The molecule has 1 heterocycles. The summed E-state index contributed by atoms with van der Waals surface area (Å²) in [6.45, 7) is 7.97. The van der Waals surface area contributed by atoms with Crippen LogP contribution in [-0.4, -0.2) is 26.7 Å². The lowest BCUT2D eigenvalue weighted by molar-refractivity contribution is -0.132. The van der Waals surface area contributed by atoms with E-state index in [2.05, 4.69) is 6.58 Å². The Morgan fingerprint density at radius 3 is 2.40 bits per heavy atom. The van der Waals surface area contributed by atoms with Crippen molar-refractivity contribution in [1.29, 1.82) is 0 Å². The molecule has 1 atom stereocenters. The minimum Gasteiger partial charge on any atom is -0.478 e. The Morgan fingerprint density at radius 1 is 1.53 bits per heavy atom. The number of hydrogen-bond donors (Lipinski definition) is 1. The highest BCUT2D eigenvalue weighted by Gasteiger charge is 2.10. The van der Waals surface area contributed by atoms with Crippen LogP contribution in [0.5, 0.6) is 0 Å². The van der Waals surface area contributed by atoms with Crippen molar-refractivity contribution in [2.75, 3.05) is 6.61 Å². The fraction of sp³-hybridized carbons (Fsp3) is 0.545. The number of aliphatic carboxylic acids is 1. The molecule has 0 saturated carbocycles. The molecule has 1 aliphatic heterocycles. The van der Waals surface area contributed by atoms with Gasteiger partial charge in [-0.15, -0.1) is 6.58 Å². The van der Waals surface area contributed by atoms with Crippen LogP contribution in [0.3, 0.4) is 0 Å². The minimum atomic E-state index is -0.845. The summed E-state index contributed by atoms with van der Waals surface area (Å²) in [6, 6.07) is 1.31. The first-order valence-corrected chi connectivity index (χ1v) is 7.17. The molecule has 1 aliphatic rings. The van der Waals surface area contributed by atoms with Crippen LogP contribution in [-0.2, 0) is 9.22 Å². The Hall–Kier alpha value is -0.873. The maximum Gasteiger partial charge on any atom is 0.330 e. The van der Waals surface area contributed by atoms with Gasteiger partial charge in [0.1, 0.15) is 0 Å². The van der Waals surface area contributed by atoms with E-state index in [0.29, 0.717) is 5.57 Å². The van der Waals surface area contributed by atoms with Gasteiger partial charge in [0, 0.05) is 12.2 Å². The van der Waals surface area contributed by atoms with Gasteiger partial charge in [-0.05, 0) is 26.3 Å². The molecule has 1 rings (SSSR count). The van der Waals surface area contributed by atoms with Crippen molar-refractivity contribution >= 4 is 15.0 Å². The second kappa shape index (κ2) is 8.44. The molecule has 1 fully saturated rings. The second-order valence-electron chi connectivity index (χ2n) is 3.42. The minimum absolute atomic E-state index is 0.389. The summed E-state index contributed by atoms with van der Waals surface area (Å²) < 4.78 is 5.45. The molecule has 86 valence electrons. The van der Waals surface area contributed by atoms with Crippen LogP contribution in [0.2, 0.25) is 6.04 Å². The Kier molecular flexibility index (Phi) is 7.95. The predicted octanol–water partition coefficient (Wildman–Crippen LogP) is 2.28. The van der Waals surface area contributed by atoms with Crippen molar-refractivity contribution in [3.8, 4) is 0 Å². The zero-order valence-electron chi connectivity index (χ0n) is 9.53. The van der Waals surface area contributed by atoms with E-state index in [1.54, 1.807) is 19.9 Å². The molecule has 0 radical (unpaired) electrons. The quantitative estimate of drug-likeness (QED) is 0.582. The van der Waals surface area contributed by atoms with E-state index >= 15 is 0 Å². The standard InChI is InChI=1S/C6H12OSi.C5H8O2/c1-2-8-6-4-3-5-7-8;1-3-4(2)5(6)7/h2,8H,1,3-6H2;3H,1-2H3,(H,6,7). The first kappa shape index (κ1) is 14.1. The van der Waals surface area contributed by atoms with Crippen molar-refractivity contribution in [2.45, 2.75) is 32.7 Å². The van der Waals surface area contributed by atoms with Gasteiger partial charge in [-0.1, -0.05) is 18.2 Å². The van der Waals surface area contributed by atoms with Gasteiger partial charge in [0.15, 0.2) is 0 Å². The lowest BCUT2D eigenvalue weighted by atomic mass is 10.3. The second-order valence-corrected chi connectivity index (χ2v) is 5.88. The smallest absolute Gasteiger partial charge is 0.330 e. The summed E-state index contributed by atoms with van der Waals surface area (Å²) in [5, 5.41) is 8.11. The molecule has 0 aromatic heterocycles. The maximum atomic E-state index is 9.86. The summed E-state index contributed by atoms with van der Waals surface area (Å²) in [5.74, 6) is -0.845. The normalized spacial score (nSPS) is 21.2. The van der Waals surface area contributed by atoms with E-state index in [-0.39, 0.29) is 0 Å². The number of allylic oxidation sites excluding steroid dienone is 1. The van der Waals surface area contributed by atoms with Crippen LogP contribution in [0.25, 0.3) is 0 Å². The molecule has 3 nitrogen and oxygen atoms in total. The molecule has 0 aliphatic carbocycles. The van der Waals surface area contributed by atoms with Crippen molar-refractivity contribution in [1.82, 2.24) is 0 Å². The van der Waals surface area contributed by atoms with Gasteiger partial charge in [-0.3, -0.25) is 0 Å².